The van der Waals surface area contributed by atoms with Gasteiger partial charge < -0.3 is 15.2 Å². The van der Waals surface area contributed by atoms with Gasteiger partial charge in [0.05, 0.1) is 0 Å². The minimum atomic E-state index is -1.05. The van der Waals surface area contributed by atoms with E-state index in [4.69, 9.17) is 4.52 Å². The molecule has 0 aliphatic heterocycles. The molecule has 7 heteroatoms. The number of nitrogens with one attached hydrogen (secondary N) is 2. The van der Waals surface area contributed by atoms with E-state index < -0.39 is 5.41 Å². The Morgan fingerprint density at radius 3 is 2.52 bits per heavy atom. The predicted molar refractivity (Wildman–Crippen MR) is 79.8 cm³/mol. The van der Waals surface area contributed by atoms with Gasteiger partial charge in [0.1, 0.15) is 17.0 Å². The van der Waals surface area contributed by atoms with Crippen LogP contribution in [0.1, 0.15) is 24.2 Å². The summed E-state index contributed by atoms with van der Waals surface area (Å²) in [6.45, 7) is 1.96. The maximum atomic E-state index is 12.8. The Hall–Kier alpha value is -2.70. The first-order valence-electron chi connectivity index (χ1n) is 7.27. The lowest BCUT2D eigenvalue weighted by Gasteiger charge is -2.14. The highest BCUT2D eigenvalue weighted by atomic mass is 19.1. The van der Waals surface area contributed by atoms with Crippen LogP contribution in [0.4, 0.5) is 10.2 Å². The topological polar surface area (TPSA) is 84.2 Å². The van der Waals surface area contributed by atoms with Crippen molar-refractivity contribution in [2.45, 2.75) is 26.3 Å². The molecule has 0 spiro atoms. The van der Waals surface area contributed by atoms with Crippen LogP contribution in [0.2, 0.25) is 0 Å². The Morgan fingerprint density at radius 1 is 1.26 bits per heavy atom. The van der Waals surface area contributed by atoms with Gasteiger partial charge in [0.15, 0.2) is 5.82 Å². The third kappa shape index (κ3) is 3.23. The molecular formula is C16H16FN3O3. The van der Waals surface area contributed by atoms with Crippen molar-refractivity contribution >= 4 is 17.6 Å². The third-order valence-corrected chi connectivity index (χ3v) is 3.86. The summed E-state index contributed by atoms with van der Waals surface area (Å²) < 4.78 is 17.7. The number of hydrogen-bond donors (Lipinski definition) is 2. The average molecular weight is 317 g/mol. The van der Waals surface area contributed by atoms with Crippen LogP contribution >= 0.6 is 0 Å². The molecule has 120 valence electrons. The minimum Gasteiger partial charge on any atom is -0.360 e. The van der Waals surface area contributed by atoms with Gasteiger partial charge >= 0.3 is 0 Å². The van der Waals surface area contributed by atoms with Gasteiger partial charge in [0.2, 0.25) is 11.8 Å². The lowest BCUT2D eigenvalue weighted by atomic mass is 10.0. The van der Waals surface area contributed by atoms with E-state index in [1.165, 1.54) is 12.1 Å². The monoisotopic (exact) mass is 317 g/mol. The van der Waals surface area contributed by atoms with Crippen molar-refractivity contribution in [3.05, 3.63) is 47.5 Å². The number of carbonyl (C=O) groups is 2. The molecule has 1 saturated carbocycles. The first-order valence-corrected chi connectivity index (χ1v) is 7.27. The SMILES string of the molecule is Cc1cc(NC(=O)C2(C(=O)NCc3ccc(F)cc3)CC2)no1. The van der Waals surface area contributed by atoms with Crippen LogP contribution in [0.5, 0.6) is 0 Å². The van der Waals surface area contributed by atoms with E-state index in [0.29, 0.717) is 24.4 Å². The van der Waals surface area contributed by atoms with Gasteiger partial charge in [-0.2, -0.15) is 0 Å². The van der Waals surface area contributed by atoms with Crippen LogP contribution in [-0.4, -0.2) is 17.0 Å². The number of halogens is 1. The zero-order valence-electron chi connectivity index (χ0n) is 12.6. The van der Waals surface area contributed by atoms with E-state index in [9.17, 15) is 14.0 Å². The number of benzene rings is 1. The van der Waals surface area contributed by atoms with Crippen molar-refractivity contribution in [3.8, 4) is 0 Å². The maximum absolute atomic E-state index is 12.8. The van der Waals surface area contributed by atoms with Crippen molar-refractivity contribution in [2.24, 2.45) is 5.41 Å². The van der Waals surface area contributed by atoms with Crippen LogP contribution in [0.3, 0.4) is 0 Å². The molecule has 0 bridgehead atoms. The van der Waals surface area contributed by atoms with Crippen molar-refractivity contribution in [2.75, 3.05) is 5.32 Å². The van der Waals surface area contributed by atoms with Crippen LogP contribution in [0, 0.1) is 18.2 Å². The fourth-order valence-electron chi connectivity index (χ4n) is 2.30. The standard InChI is InChI=1S/C16H16FN3O3/c1-10-8-13(20-23-10)19-15(22)16(6-7-16)14(21)18-9-11-2-4-12(17)5-3-11/h2-5,8H,6-7,9H2,1H3,(H,18,21)(H,19,20,22). The largest absolute Gasteiger partial charge is 0.360 e. The molecule has 1 aliphatic carbocycles. The van der Waals surface area contributed by atoms with Gasteiger partial charge in [-0.25, -0.2) is 4.39 Å². The van der Waals surface area contributed by atoms with Crippen molar-refractivity contribution in [1.29, 1.82) is 0 Å². The second-order valence-corrected chi connectivity index (χ2v) is 5.67. The molecule has 0 unspecified atom stereocenters. The van der Waals surface area contributed by atoms with Gasteiger partial charge in [0.25, 0.3) is 0 Å². The molecule has 1 aliphatic rings. The molecule has 1 aromatic heterocycles. The summed E-state index contributed by atoms with van der Waals surface area (Å²) in [5, 5.41) is 9.01. The number of anilines is 1. The van der Waals surface area contributed by atoms with E-state index in [-0.39, 0.29) is 24.2 Å². The van der Waals surface area contributed by atoms with Gasteiger partial charge in [-0.3, -0.25) is 9.59 Å². The molecule has 2 amide bonds. The summed E-state index contributed by atoms with van der Waals surface area (Å²) in [5.74, 6) is -0.181. The van der Waals surface area contributed by atoms with Crippen molar-refractivity contribution in [3.63, 3.8) is 0 Å². The highest BCUT2D eigenvalue weighted by molar-refractivity contribution is 6.12. The smallest absolute Gasteiger partial charge is 0.241 e. The quantitative estimate of drug-likeness (QED) is 0.828. The molecule has 3 rings (SSSR count). The molecule has 6 nitrogen and oxygen atoms in total. The van der Waals surface area contributed by atoms with E-state index >= 15 is 0 Å². The maximum Gasteiger partial charge on any atom is 0.241 e. The highest BCUT2D eigenvalue weighted by Gasteiger charge is 2.56. The van der Waals surface area contributed by atoms with Crippen LogP contribution in [-0.2, 0) is 16.1 Å². The van der Waals surface area contributed by atoms with E-state index in [2.05, 4.69) is 15.8 Å². The number of rotatable bonds is 5. The van der Waals surface area contributed by atoms with Gasteiger partial charge in [-0.1, -0.05) is 17.3 Å². The fraction of sp³-hybridized carbons (Fsp3) is 0.312. The van der Waals surface area contributed by atoms with Gasteiger partial charge in [-0.15, -0.1) is 0 Å². The summed E-state index contributed by atoms with van der Waals surface area (Å²) in [7, 11) is 0. The molecule has 2 N–H and O–H groups in total. The number of amides is 2. The number of hydrogen-bond acceptors (Lipinski definition) is 4. The van der Waals surface area contributed by atoms with E-state index in [1.807, 2.05) is 0 Å². The molecule has 1 heterocycles. The predicted octanol–water partition coefficient (Wildman–Crippen LogP) is 2.16. The van der Waals surface area contributed by atoms with Gasteiger partial charge in [0, 0.05) is 12.6 Å². The number of aryl methyl sites for hydroxylation is 1. The molecule has 0 saturated heterocycles. The van der Waals surface area contributed by atoms with Crippen LogP contribution in [0.25, 0.3) is 0 Å². The van der Waals surface area contributed by atoms with Gasteiger partial charge in [-0.05, 0) is 37.5 Å². The van der Waals surface area contributed by atoms with E-state index in [0.717, 1.165) is 5.56 Å². The molecule has 1 aromatic carbocycles. The molecule has 0 atom stereocenters. The summed E-state index contributed by atoms with van der Waals surface area (Å²) >= 11 is 0. The van der Waals surface area contributed by atoms with Crippen LogP contribution in [0.15, 0.2) is 34.9 Å². The fourth-order valence-corrected chi connectivity index (χ4v) is 2.30. The number of aromatic nitrogens is 1. The normalized spacial score (nSPS) is 15.0. The summed E-state index contributed by atoms with van der Waals surface area (Å²) in [6.07, 6.45) is 0.982. The summed E-state index contributed by atoms with van der Waals surface area (Å²) in [5.41, 5.74) is -0.282. The average Bonchev–Trinajstić information content (AvgIpc) is 3.25. The molecule has 1 fully saturated rings. The number of carbonyl (C=O) groups excluding carboxylic acids is 2. The second kappa shape index (κ2) is 5.83. The Balaban J connectivity index is 1.59. The van der Waals surface area contributed by atoms with Crippen LogP contribution < -0.4 is 10.6 Å². The second-order valence-electron chi connectivity index (χ2n) is 5.67. The first-order chi connectivity index (χ1) is 11.0. The summed E-state index contributed by atoms with van der Waals surface area (Å²) in [4.78, 5) is 24.6. The zero-order valence-corrected chi connectivity index (χ0v) is 12.6. The molecule has 23 heavy (non-hydrogen) atoms. The highest BCUT2D eigenvalue weighted by Crippen LogP contribution is 2.46. The number of nitrogens with zero attached hydrogens (tertiary/aromatic N) is 1. The van der Waals surface area contributed by atoms with Crippen molar-refractivity contribution in [1.82, 2.24) is 10.5 Å². The minimum absolute atomic E-state index is 0.247. The molecule has 2 aromatic rings. The van der Waals surface area contributed by atoms with E-state index in [1.54, 1.807) is 25.1 Å². The molecular weight excluding hydrogens is 301 g/mol. The Kier molecular flexibility index (Phi) is 3.85. The first kappa shape index (κ1) is 15.2. The Morgan fingerprint density at radius 2 is 1.96 bits per heavy atom. The lowest BCUT2D eigenvalue weighted by molar-refractivity contribution is -0.134. The summed E-state index contributed by atoms with van der Waals surface area (Å²) in [6, 6.07) is 7.42. The van der Waals surface area contributed by atoms with Crippen molar-refractivity contribution < 1.29 is 18.5 Å². The zero-order chi connectivity index (χ0) is 16.4. The molecule has 0 radical (unpaired) electrons. The lowest BCUT2D eigenvalue weighted by Crippen LogP contribution is -2.39. The Bertz CT molecular complexity index is 735. The third-order valence-electron chi connectivity index (χ3n) is 3.86. The Labute approximate surface area is 132 Å².